The first-order chi connectivity index (χ1) is 14.2. The number of ether oxygens (including phenoxy) is 2. The van der Waals surface area contributed by atoms with Crippen molar-refractivity contribution in [2.45, 2.75) is 39.2 Å². The van der Waals surface area contributed by atoms with Crippen LogP contribution in [0.5, 0.6) is 11.5 Å². The standard InChI is InChI=1S/C23H34N4O2/c1-18-7-11-27(12-8-18)10-3-9-24-16-20-17-26(2)25-23(20)19-5-6-21-22(15-19)29-14-4-13-28-21/h5-6,15,17-18,24H,3-4,7-14,16H2,1-2H3. The Balaban J connectivity index is 1.32. The van der Waals surface area contributed by atoms with Crippen LogP contribution in [0, 0.1) is 5.92 Å². The Morgan fingerprint density at radius 1 is 1.14 bits per heavy atom. The molecule has 2 aliphatic rings. The third kappa shape index (κ3) is 5.31. The van der Waals surface area contributed by atoms with E-state index in [2.05, 4.69) is 35.5 Å². The van der Waals surface area contributed by atoms with Gasteiger partial charge in [0.05, 0.1) is 18.9 Å². The van der Waals surface area contributed by atoms with E-state index in [-0.39, 0.29) is 0 Å². The lowest BCUT2D eigenvalue weighted by Gasteiger charge is -2.30. The Kier molecular flexibility index (Phi) is 6.72. The van der Waals surface area contributed by atoms with Crippen LogP contribution in [-0.4, -0.2) is 54.1 Å². The number of nitrogens with zero attached hydrogens (tertiary/aromatic N) is 3. The number of rotatable bonds is 7. The molecule has 0 atom stereocenters. The number of piperidine rings is 1. The van der Waals surface area contributed by atoms with E-state index < -0.39 is 0 Å². The van der Waals surface area contributed by atoms with Gasteiger partial charge in [0.1, 0.15) is 0 Å². The molecule has 0 aliphatic carbocycles. The summed E-state index contributed by atoms with van der Waals surface area (Å²) < 4.78 is 13.5. The summed E-state index contributed by atoms with van der Waals surface area (Å²) in [6, 6.07) is 6.14. The van der Waals surface area contributed by atoms with Crippen LogP contribution < -0.4 is 14.8 Å². The molecule has 0 amide bonds. The topological polar surface area (TPSA) is 51.6 Å². The number of hydrogen-bond donors (Lipinski definition) is 1. The average Bonchev–Trinajstić information content (AvgIpc) is 2.94. The smallest absolute Gasteiger partial charge is 0.161 e. The second kappa shape index (κ2) is 9.63. The third-order valence-electron chi connectivity index (χ3n) is 5.95. The van der Waals surface area contributed by atoms with Crippen molar-refractivity contribution < 1.29 is 9.47 Å². The summed E-state index contributed by atoms with van der Waals surface area (Å²) >= 11 is 0. The van der Waals surface area contributed by atoms with E-state index in [4.69, 9.17) is 14.6 Å². The van der Waals surface area contributed by atoms with Gasteiger partial charge in [0, 0.05) is 37.3 Å². The summed E-state index contributed by atoms with van der Waals surface area (Å²) in [5, 5.41) is 8.31. The number of aromatic nitrogens is 2. The second-order valence-electron chi connectivity index (χ2n) is 8.44. The molecule has 1 saturated heterocycles. The van der Waals surface area contributed by atoms with Crippen LogP contribution in [0.25, 0.3) is 11.3 Å². The van der Waals surface area contributed by atoms with Crippen LogP contribution in [-0.2, 0) is 13.6 Å². The molecule has 158 valence electrons. The fourth-order valence-electron chi connectivity index (χ4n) is 4.16. The molecular formula is C23H34N4O2. The van der Waals surface area contributed by atoms with Gasteiger partial charge in [-0.05, 0) is 69.6 Å². The van der Waals surface area contributed by atoms with E-state index in [1.54, 1.807) is 0 Å². The molecule has 1 fully saturated rings. The summed E-state index contributed by atoms with van der Waals surface area (Å²) in [5.74, 6) is 2.55. The maximum Gasteiger partial charge on any atom is 0.161 e. The molecule has 2 aromatic rings. The Labute approximate surface area is 174 Å². The van der Waals surface area contributed by atoms with Crippen LogP contribution in [0.3, 0.4) is 0 Å². The molecule has 0 radical (unpaired) electrons. The van der Waals surface area contributed by atoms with E-state index in [0.717, 1.165) is 48.2 Å². The minimum Gasteiger partial charge on any atom is -0.490 e. The monoisotopic (exact) mass is 398 g/mol. The van der Waals surface area contributed by atoms with E-state index in [1.807, 2.05) is 17.8 Å². The highest BCUT2D eigenvalue weighted by molar-refractivity contribution is 5.66. The van der Waals surface area contributed by atoms with Crippen molar-refractivity contribution in [2.24, 2.45) is 13.0 Å². The number of benzene rings is 1. The van der Waals surface area contributed by atoms with Gasteiger partial charge in [-0.15, -0.1) is 0 Å². The molecule has 1 aromatic carbocycles. The first kappa shape index (κ1) is 20.2. The maximum atomic E-state index is 5.85. The zero-order chi connectivity index (χ0) is 20.1. The molecule has 0 unspecified atom stereocenters. The predicted molar refractivity (Wildman–Crippen MR) is 115 cm³/mol. The molecule has 3 heterocycles. The zero-order valence-corrected chi connectivity index (χ0v) is 17.8. The molecule has 1 aromatic heterocycles. The van der Waals surface area contributed by atoms with Gasteiger partial charge < -0.3 is 19.7 Å². The Morgan fingerprint density at radius 3 is 2.76 bits per heavy atom. The van der Waals surface area contributed by atoms with Gasteiger partial charge in [-0.3, -0.25) is 4.68 Å². The van der Waals surface area contributed by atoms with Gasteiger partial charge in [-0.25, -0.2) is 0 Å². The summed E-state index contributed by atoms with van der Waals surface area (Å²) in [6.07, 6.45) is 6.91. The SMILES string of the molecule is CC1CCN(CCCNCc2cn(C)nc2-c2ccc3c(c2)OCCCO3)CC1. The number of nitrogens with one attached hydrogen (secondary N) is 1. The van der Waals surface area contributed by atoms with Crippen molar-refractivity contribution in [1.29, 1.82) is 0 Å². The minimum atomic E-state index is 0.697. The fourth-order valence-corrected chi connectivity index (χ4v) is 4.16. The highest BCUT2D eigenvalue weighted by Crippen LogP contribution is 2.34. The van der Waals surface area contributed by atoms with E-state index >= 15 is 0 Å². The lowest BCUT2D eigenvalue weighted by Crippen LogP contribution is -2.34. The molecule has 6 heteroatoms. The van der Waals surface area contributed by atoms with Crippen molar-refractivity contribution in [2.75, 3.05) is 39.4 Å². The van der Waals surface area contributed by atoms with E-state index in [9.17, 15) is 0 Å². The molecule has 0 spiro atoms. The maximum absolute atomic E-state index is 5.85. The van der Waals surface area contributed by atoms with Gasteiger partial charge in [-0.1, -0.05) is 6.92 Å². The second-order valence-corrected chi connectivity index (χ2v) is 8.44. The van der Waals surface area contributed by atoms with Crippen LogP contribution in [0.2, 0.25) is 0 Å². The summed E-state index contributed by atoms with van der Waals surface area (Å²) in [4.78, 5) is 2.61. The largest absolute Gasteiger partial charge is 0.490 e. The average molecular weight is 399 g/mol. The van der Waals surface area contributed by atoms with Gasteiger partial charge in [0.2, 0.25) is 0 Å². The molecule has 0 saturated carbocycles. The highest BCUT2D eigenvalue weighted by Gasteiger charge is 2.16. The first-order valence-electron chi connectivity index (χ1n) is 11.0. The minimum absolute atomic E-state index is 0.697. The zero-order valence-electron chi connectivity index (χ0n) is 17.8. The van der Waals surface area contributed by atoms with Crippen LogP contribution in [0.15, 0.2) is 24.4 Å². The molecule has 0 bridgehead atoms. The van der Waals surface area contributed by atoms with Crippen LogP contribution >= 0.6 is 0 Å². The Morgan fingerprint density at radius 2 is 1.93 bits per heavy atom. The summed E-state index contributed by atoms with van der Waals surface area (Å²) in [6.45, 7) is 9.35. The van der Waals surface area contributed by atoms with Crippen LogP contribution in [0.1, 0.15) is 38.2 Å². The summed E-state index contributed by atoms with van der Waals surface area (Å²) in [5.41, 5.74) is 3.31. The Hall–Kier alpha value is -2.05. The highest BCUT2D eigenvalue weighted by atomic mass is 16.5. The van der Waals surface area contributed by atoms with Gasteiger partial charge >= 0.3 is 0 Å². The quantitative estimate of drug-likeness (QED) is 0.724. The summed E-state index contributed by atoms with van der Waals surface area (Å²) in [7, 11) is 1.98. The van der Waals surface area contributed by atoms with E-state index in [1.165, 1.54) is 44.5 Å². The van der Waals surface area contributed by atoms with Crippen molar-refractivity contribution in [3.05, 3.63) is 30.0 Å². The van der Waals surface area contributed by atoms with Gasteiger partial charge in [0.15, 0.2) is 11.5 Å². The van der Waals surface area contributed by atoms with Gasteiger partial charge in [0.25, 0.3) is 0 Å². The number of likely N-dealkylation sites (tertiary alicyclic amines) is 1. The van der Waals surface area contributed by atoms with Crippen molar-refractivity contribution in [3.63, 3.8) is 0 Å². The fraction of sp³-hybridized carbons (Fsp3) is 0.609. The number of hydrogen-bond acceptors (Lipinski definition) is 5. The number of fused-ring (bicyclic) bond motifs is 1. The Bertz CT molecular complexity index is 796. The molecule has 1 N–H and O–H groups in total. The normalized spacial score (nSPS) is 18.0. The van der Waals surface area contributed by atoms with Crippen molar-refractivity contribution >= 4 is 0 Å². The molecule has 2 aliphatic heterocycles. The molecule has 4 rings (SSSR count). The van der Waals surface area contributed by atoms with Gasteiger partial charge in [-0.2, -0.15) is 5.10 Å². The van der Waals surface area contributed by atoms with E-state index in [0.29, 0.717) is 13.2 Å². The molecular weight excluding hydrogens is 364 g/mol. The third-order valence-corrected chi connectivity index (χ3v) is 5.95. The number of aryl methyl sites for hydroxylation is 1. The molecule has 29 heavy (non-hydrogen) atoms. The lowest BCUT2D eigenvalue weighted by atomic mass is 9.99. The molecule has 6 nitrogen and oxygen atoms in total. The lowest BCUT2D eigenvalue weighted by molar-refractivity contribution is 0.190. The first-order valence-corrected chi connectivity index (χ1v) is 11.0. The van der Waals surface area contributed by atoms with Crippen LogP contribution in [0.4, 0.5) is 0 Å². The van der Waals surface area contributed by atoms with Crippen molar-refractivity contribution in [3.8, 4) is 22.8 Å². The van der Waals surface area contributed by atoms with Crippen molar-refractivity contribution in [1.82, 2.24) is 20.0 Å². The predicted octanol–water partition coefficient (Wildman–Crippen LogP) is 3.46.